The van der Waals surface area contributed by atoms with Crippen molar-refractivity contribution in [3.05, 3.63) is 249 Å². The molecule has 318 valence electrons. The number of rotatable bonds is 8. The Morgan fingerprint density at radius 2 is 0.632 bits per heavy atom. The molecule has 0 bridgehead atoms. The van der Waals surface area contributed by atoms with Gasteiger partial charge in [-0.25, -0.2) is 4.98 Å². The lowest BCUT2D eigenvalue weighted by Gasteiger charge is -2.16. The normalized spacial score (nSPS) is 11.5. The van der Waals surface area contributed by atoms with Gasteiger partial charge in [-0.3, -0.25) is 4.57 Å². The minimum absolute atomic E-state index is 0.553. The maximum absolute atomic E-state index is 5.39. The topological polar surface area (TPSA) is 48.5 Å². The second-order valence-corrected chi connectivity index (χ2v) is 17.2. The van der Waals surface area contributed by atoms with Crippen molar-refractivity contribution < 1.29 is 0 Å². The molecule has 0 fully saturated rings. The Morgan fingerprint density at radius 1 is 0.235 bits per heavy atom. The van der Waals surface area contributed by atoms with Crippen molar-refractivity contribution in [1.82, 2.24) is 24.1 Å². The Kier molecular flexibility index (Phi) is 9.43. The highest BCUT2D eigenvalue weighted by Crippen LogP contribution is 2.43. The van der Waals surface area contributed by atoms with E-state index < -0.39 is 0 Å². The van der Waals surface area contributed by atoms with E-state index in [1.165, 1.54) is 11.1 Å². The average molecular weight is 868 g/mol. The van der Waals surface area contributed by atoms with Gasteiger partial charge in [-0.05, 0) is 75.3 Å². The van der Waals surface area contributed by atoms with Gasteiger partial charge >= 0.3 is 0 Å². The minimum atomic E-state index is 0.553. The number of fused-ring (bicyclic) bond motifs is 6. The summed E-state index contributed by atoms with van der Waals surface area (Å²) in [5.74, 6) is 1.77. The molecule has 5 nitrogen and oxygen atoms in total. The van der Waals surface area contributed by atoms with Crippen LogP contribution in [0.25, 0.3) is 123 Å². The summed E-state index contributed by atoms with van der Waals surface area (Å²) < 4.78 is 4.71. The van der Waals surface area contributed by atoms with Crippen LogP contribution in [-0.2, 0) is 0 Å². The van der Waals surface area contributed by atoms with E-state index in [-0.39, 0.29) is 0 Å². The highest BCUT2D eigenvalue weighted by Gasteiger charge is 2.23. The first-order chi connectivity index (χ1) is 33.7. The van der Waals surface area contributed by atoms with E-state index in [1.54, 1.807) is 0 Å². The molecule has 5 heteroatoms. The molecule has 0 radical (unpaired) electrons. The zero-order chi connectivity index (χ0) is 45.0. The van der Waals surface area contributed by atoms with Crippen LogP contribution in [-0.4, -0.2) is 24.1 Å². The molecule has 0 saturated heterocycles. The van der Waals surface area contributed by atoms with Gasteiger partial charge in [0.1, 0.15) is 0 Å². The molecule has 0 aliphatic rings. The second-order valence-electron chi connectivity index (χ2n) is 17.2. The molecule has 13 aromatic rings. The summed E-state index contributed by atoms with van der Waals surface area (Å²) in [6.07, 6.45) is 0. The van der Waals surface area contributed by atoms with Gasteiger partial charge in [0, 0.05) is 38.2 Å². The Balaban J connectivity index is 1.09. The van der Waals surface area contributed by atoms with E-state index in [9.17, 15) is 0 Å². The van der Waals surface area contributed by atoms with Gasteiger partial charge < -0.3 is 4.57 Å². The molecular formula is C63H41N5. The number of para-hydroxylation sites is 1. The predicted molar refractivity (Wildman–Crippen MR) is 281 cm³/mol. The van der Waals surface area contributed by atoms with Gasteiger partial charge in [-0.1, -0.05) is 212 Å². The summed E-state index contributed by atoms with van der Waals surface area (Å²) in [5, 5.41) is 4.52. The molecule has 3 heterocycles. The molecule has 0 N–H and O–H groups in total. The number of nitrogens with zero attached hydrogens (tertiary/aromatic N) is 5. The number of benzene rings is 10. The van der Waals surface area contributed by atoms with Gasteiger partial charge in [-0.15, -0.1) is 0 Å². The third kappa shape index (κ3) is 6.76. The number of aromatic nitrogens is 5. The van der Waals surface area contributed by atoms with E-state index >= 15 is 0 Å². The first kappa shape index (κ1) is 39.2. The maximum Gasteiger partial charge on any atom is 0.238 e. The van der Waals surface area contributed by atoms with E-state index in [2.05, 4.69) is 234 Å². The Morgan fingerprint density at radius 3 is 1.24 bits per heavy atom. The molecule has 0 amide bonds. The van der Waals surface area contributed by atoms with Gasteiger partial charge in [-0.2, -0.15) is 9.97 Å². The Hall–Kier alpha value is -9.19. The fourth-order valence-electron chi connectivity index (χ4n) is 9.91. The van der Waals surface area contributed by atoms with Crippen molar-refractivity contribution in [2.75, 3.05) is 0 Å². The van der Waals surface area contributed by atoms with Gasteiger partial charge in [0.15, 0.2) is 11.6 Å². The molecular weight excluding hydrogens is 827 g/mol. The number of hydrogen-bond donors (Lipinski definition) is 0. The van der Waals surface area contributed by atoms with Crippen LogP contribution in [0.3, 0.4) is 0 Å². The third-order valence-corrected chi connectivity index (χ3v) is 13.2. The second kappa shape index (κ2) is 16.4. The van der Waals surface area contributed by atoms with Crippen molar-refractivity contribution >= 4 is 43.6 Å². The number of hydrogen-bond acceptors (Lipinski definition) is 3. The quantitative estimate of drug-likeness (QED) is 0.153. The van der Waals surface area contributed by atoms with Crippen molar-refractivity contribution in [1.29, 1.82) is 0 Å². The SMILES string of the molecule is c1ccc(-c2ccc(-c3nc(-c4ccccc4)nc(-n4c5cc(-c6ccccc6)ccc5c5cc6c(cc54)c4ccccc4n6-c4ccc(-c5ccccc5)cc4-c4ccccc4)n3)cc2)cc1. The molecule has 0 aliphatic heterocycles. The first-order valence-corrected chi connectivity index (χ1v) is 23.0. The Bertz CT molecular complexity index is 3970. The fraction of sp³-hybridized carbons (Fsp3) is 0. The molecule has 0 aliphatic carbocycles. The van der Waals surface area contributed by atoms with Crippen molar-refractivity contribution in [3.8, 4) is 78.9 Å². The summed E-state index contributed by atoms with van der Waals surface area (Å²) >= 11 is 0. The fourth-order valence-corrected chi connectivity index (χ4v) is 9.91. The van der Waals surface area contributed by atoms with Gasteiger partial charge in [0.05, 0.1) is 27.8 Å². The molecule has 0 spiro atoms. The Labute approximate surface area is 393 Å². The summed E-state index contributed by atoms with van der Waals surface area (Å²) in [7, 11) is 0. The van der Waals surface area contributed by atoms with Crippen LogP contribution in [0.1, 0.15) is 0 Å². The first-order valence-electron chi connectivity index (χ1n) is 23.0. The van der Waals surface area contributed by atoms with Crippen molar-refractivity contribution in [2.24, 2.45) is 0 Å². The van der Waals surface area contributed by atoms with Gasteiger partial charge in [0.25, 0.3) is 0 Å². The monoisotopic (exact) mass is 867 g/mol. The highest BCUT2D eigenvalue weighted by atomic mass is 15.2. The zero-order valence-corrected chi connectivity index (χ0v) is 36.9. The summed E-state index contributed by atoms with van der Waals surface area (Å²) in [6.45, 7) is 0. The van der Waals surface area contributed by atoms with E-state index in [4.69, 9.17) is 15.0 Å². The predicted octanol–water partition coefficient (Wildman–Crippen LogP) is 16.1. The van der Waals surface area contributed by atoms with Gasteiger partial charge in [0.2, 0.25) is 5.95 Å². The lowest BCUT2D eigenvalue weighted by Crippen LogP contribution is -2.06. The molecule has 3 aromatic heterocycles. The van der Waals surface area contributed by atoms with Crippen LogP contribution >= 0.6 is 0 Å². The standard InChI is InChI=1S/C63H41N5/c1-6-18-42(19-7-1)45-30-32-48(33-31-45)62-64-61(47-26-14-5-15-27-47)65-63(66-62)68-58-39-50(44-22-10-3-11-23-44)34-36-52(58)55-40-59-54(41-60(55)68)51-28-16-17-29-56(51)67(59)57-37-35-49(43-20-8-2-9-21-43)38-53(57)46-24-12-4-13-25-46/h1-41H. The maximum atomic E-state index is 5.39. The molecule has 13 rings (SSSR count). The smallest absolute Gasteiger partial charge is 0.238 e. The van der Waals surface area contributed by atoms with Crippen LogP contribution in [0, 0.1) is 0 Å². The van der Waals surface area contributed by atoms with E-state index in [0.29, 0.717) is 17.6 Å². The van der Waals surface area contributed by atoms with Crippen LogP contribution < -0.4 is 0 Å². The summed E-state index contributed by atoms with van der Waals surface area (Å²) in [6, 6.07) is 88.3. The van der Waals surface area contributed by atoms with Crippen LogP contribution in [0.2, 0.25) is 0 Å². The van der Waals surface area contributed by atoms with Crippen LogP contribution in [0.5, 0.6) is 0 Å². The lowest BCUT2D eigenvalue weighted by atomic mass is 9.97. The third-order valence-electron chi connectivity index (χ3n) is 13.2. The van der Waals surface area contributed by atoms with Crippen LogP contribution in [0.15, 0.2) is 249 Å². The minimum Gasteiger partial charge on any atom is -0.309 e. The highest BCUT2D eigenvalue weighted by molar-refractivity contribution is 6.19. The largest absolute Gasteiger partial charge is 0.309 e. The molecule has 68 heavy (non-hydrogen) atoms. The van der Waals surface area contributed by atoms with Crippen molar-refractivity contribution in [2.45, 2.75) is 0 Å². The summed E-state index contributed by atoms with van der Waals surface area (Å²) in [5.41, 5.74) is 16.4. The summed E-state index contributed by atoms with van der Waals surface area (Å²) in [4.78, 5) is 15.9. The molecule has 0 atom stereocenters. The average Bonchev–Trinajstić information content (AvgIpc) is 3.92. The zero-order valence-electron chi connectivity index (χ0n) is 36.9. The van der Waals surface area contributed by atoms with Crippen molar-refractivity contribution in [3.63, 3.8) is 0 Å². The molecule has 10 aromatic carbocycles. The molecule has 0 saturated carbocycles. The van der Waals surface area contributed by atoms with E-state index in [1.807, 2.05) is 24.3 Å². The molecule has 0 unspecified atom stereocenters. The van der Waals surface area contributed by atoms with Crippen LogP contribution in [0.4, 0.5) is 0 Å². The van der Waals surface area contributed by atoms with E-state index in [0.717, 1.165) is 93.8 Å². The lowest BCUT2D eigenvalue weighted by molar-refractivity contribution is 0.954.